The van der Waals surface area contributed by atoms with Gasteiger partial charge in [-0.3, -0.25) is 0 Å². The van der Waals surface area contributed by atoms with Gasteiger partial charge in [-0.05, 0) is 56.2 Å². The molecule has 2 heterocycles. The molecule has 142 valence electrons. The molecule has 2 aliphatic heterocycles. The van der Waals surface area contributed by atoms with Gasteiger partial charge in [0.1, 0.15) is 4.75 Å². The van der Waals surface area contributed by atoms with Crippen molar-refractivity contribution in [2.75, 3.05) is 38.3 Å². The lowest BCUT2D eigenvalue weighted by molar-refractivity contribution is -0.00490. The lowest BCUT2D eigenvalue weighted by atomic mass is 9.93. The highest BCUT2D eigenvalue weighted by Crippen LogP contribution is 2.54. The normalized spacial score (nSPS) is 23.4. The summed E-state index contributed by atoms with van der Waals surface area (Å²) in [5.41, 5.74) is 1.59. The smallest absolute Gasteiger partial charge is 0.339 e. The van der Waals surface area contributed by atoms with Gasteiger partial charge in [0.25, 0.3) is 0 Å². The predicted octanol–water partition coefficient (Wildman–Crippen LogP) is 2.42. The van der Waals surface area contributed by atoms with Gasteiger partial charge in [-0.25, -0.2) is 13.2 Å². The number of methoxy groups -OCH3 is 1. The number of sulfone groups is 1. The Morgan fingerprint density at radius 3 is 2.31 bits per heavy atom. The van der Waals surface area contributed by atoms with Gasteiger partial charge in [0.05, 0.1) is 36.5 Å². The number of ether oxygens (including phenoxy) is 2. The maximum atomic E-state index is 13.0. The number of benzene rings is 1. The quantitative estimate of drug-likeness (QED) is 0.748. The topological polar surface area (TPSA) is 72.9 Å². The highest BCUT2D eigenvalue weighted by Gasteiger charge is 2.48. The lowest BCUT2D eigenvalue weighted by Crippen LogP contribution is -2.53. The molecule has 1 aromatic carbocycles. The van der Waals surface area contributed by atoms with Crippen molar-refractivity contribution in [2.45, 2.75) is 42.2 Å². The van der Waals surface area contributed by atoms with Crippen LogP contribution >= 0.6 is 0 Å². The Balaban J connectivity index is 1.71. The molecule has 1 spiro atoms. The number of anilines is 1. The Labute approximate surface area is 154 Å². The molecule has 1 aliphatic carbocycles. The van der Waals surface area contributed by atoms with Crippen LogP contribution in [0, 0.1) is 5.41 Å². The lowest BCUT2D eigenvalue weighted by Gasteiger charge is -2.38. The van der Waals surface area contributed by atoms with Crippen molar-refractivity contribution in [1.82, 2.24) is 0 Å². The molecular formula is C19H25NO5S. The molecule has 3 aliphatic rings. The Bertz CT molecular complexity index is 829. The van der Waals surface area contributed by atoms with E-state index in [1.54, 1.807) is 19.1 Å². The zero-order valence-corrected chi connectivity index (χ0v) is 16.1. The molecule has 7 heteroatoms. The molecule has 0 unspecified atom stereocenters. The third-order valence-corrected chi connectivity index (χ3v) is 8.68. The van der Waals surface area contributed by atoms with Crippen molar-refractivity contribution in [3.63, 3.8) is 0 Å². The number of piperidine rings is 1. The van der Waals surface area contributed by atoms with Crippen LogP contribution < -0.4 is 4.90 Å². The van der Waals surface area contributed by atoms with E-state index < -0.39 is 20.6 Å². The third kappa shape index (κ3) is 2.72. The zero-order valence-electron chi connectivity index (χ0n) is 15.3. The predicted molar refractivity (Wildman–Crippen MR) is 97.3 cm³/mol. The molecule has 0 aromatic heterocycles. The van der Waals surface area contributed by atoms with E-state index in [2.05, 4.69) is 4.90 Å². The number of nitrogens with zero attached hydrogens (tertiary/aromatic N) is 1. The van der Waals surface area contributed by atoms with Gasteiger partial charge in [0, 0.05) is 13.1 Å². The summed E-state index contributed by atoms with van der Waals surface area (Å²) in [6.45, 7) is 3.80. The van der Waals surface area contributed by atoms with Crippen molar-refractivity contribution in [2.24, 2.45) is 5.41 Å². The van der Waals surface area contributed by atoms with E-state index in [4.69, 9.17) is 9.47 Å². The monoisotopic (exact) mass is 379 g/mol. The van der Waals surface area contributed by atoms with Crippen molar-refractivity contribution >= 4 is 21.5 Å². The Kier molecular flexibility index (Phi) is 4.08. The number of carbonyl (C=O) groups is 1. The van der Waals surface area contributed by atoms with Crippen molar-refractivity contribution in [1.29, 1.82) is 0 Å². The fourth-order valence-corrected chi connectivity index (χ4v) is 5.51. The highest BCUT2D eigenvalue weighted by atomic mass is 32.2. The van der Waals surface area contributed by atoms with E-state index in [0.29, 0.717) is 16.7 Å². The standard InChI is InChI=1S/C19H25NO5S/c1-18(12-25-13-18)26(22,23)14-3-4-15(17(21)24-2)16(11-14)20-9-7-19(5-6-19)8-10-20/h3-4,11H,5-10,12-13H2,1-2H3. The first kappa shape index (κ1) is 17.8. The molecule has 1 aromatic rings. The van der Waals surface area contributed by atoms with Crippen LogP contribution in [0.4, 0.5) is 5.69 Å². The molecule has 1 saturated carbocycles. The Morgan fingerprint density at radius 2 is 1.81 bits per heavy atom. The molecule has 3 fully saturated rings. The van der Waals surface area contributed by atoms with Crippen molar-refractivity contribution in [3.8, 4) is 0 Å². The summed E-state index contributed by atoms with van der Waals surface area (Å²) in [6.07, 6.45) is 4.77. The van der Waals surface area contributed by atoms with Gasteiger partial charge in [-0.15, -0.1) is 0 Å². The molecule has 6 nitrogen and oxygen atoms in total. The van der Waals surface area contributed by atoms with Crippen LogP contribution in [0.1, 0.15) is 43.0 Å². The molecular weight excluding hydrogens is 354 g/mol. The average Bonchev–Trinajstić information content (AvgIpc) is 3.38. The second-order valence-electron chi connectivity index (χ2n) is 8.10. The van der Waals surface area contributed by atoms with Gasteiger partial charge >= 0.3 is 5.97 Å². The first-order valence-electron chi connectivity index (χ1n) is 9.10. The number of hydrogen-bond acceptors (Lipinski definition) is 6. The number of hydrogen-bond donors (Lipinski definition) is 0. The van der Waals surface area contributed by atoms with Crippen molar-refractivity contribution in [3.05, 3.63) is 23.8 Å². The van der Waals surface area contributed by atoms with Gasteiger partial charge in [0.15, 0.2) is 9.84 Å². The van der Waals surface area contributed by atoms with Crippen LogP contribution in [0.15, 0.2) is 23.1 Å². The average molecular weight is 379 g/mol. The van der Waals surface area contributed by atoms with Gasteiger partial charge in [-0.1, -0.05) is 0 Å². The molecule has 0 N–H and O–H groups in total. The summed E-state index contributed by atoms with van der Waals surface area (Å²) in [7, 11) is -2.18. The molecule has 4 rings (SSSR count). The second kappa shape index (κ2) is 5.96. The molecule has 0 amide bonds. The Hall–Kier alpha value is -1.60. The van der Waals surface area contributed by atoms with E-state index >= 15 is 0 Å². The maximum Gasteiger partial charge on any atom is 0.339 e. The minimum absolute atomic E-state index is 0.204. The maximum absolute atomic E-state index is 13.0. The fraction of sp³-hybridized carbons (Fsp3) is 0.632. The summed E-state index contributed by atoms with van der Waals surface area (Å²) in [4.78, 5) is 14.6. The molecule has 2 saturated heterocycles. The molecule has 0 bridgehead atoms. The molecule has 0 atom stereocenters. The molecule has 0 radical (unpaired) electrons. The SMILES string of the molecule is COC(=O)c1ccc(S(=O)(=O)C2(C)COC2)cc1N1CCC2(CC1)CC2. The largest absolute Gasteiger partial charge is 0.465 e. The second-order valence-corrected chi connectivity index (χ2v) is 10.6. The number of carbonyl (C=O) groups excluding carboxylic acids is 1. The summed E-state index contributed by atoms with van der Waals surface area (Å²) < 4.78 is 35.2. The highest BCUT2D eigenvalue weighted by molar-refractivity contribution is 7.93. The third-order valence-electron chi connectivity index (χ3n) is 6.27. The number of rotatable bonds is 4. The first-order valence-corrected chi connectivity index (χ1v) is 10.6. The van der Waals surface area contributed by atoms with Crippen LogP contribution in [-0.2, 0) is 19.3 Å². The van der Waals surface area contributed by atoms with E-state index in [-0.39, 0.29) is 18.1 Å². The van der Waals surface area contributed by atoms with Crippen LogP contribution in [0.2, 0.25) is 0 Å². The van der Waals surface area contributed by atoms with E-state index in [1.807, 2.05) is 0 Å². The summed E-state index contributed by atoms with van der Waals surface area (Å²) in [5.74, 6) is -0.436. The van der Waals surface area contributed by atoms with E-state index in [9.17, 15) is 13.2 Å². The number of esters is 1. The van der Waals surface area contributed by atoms with Gasteiger partial charge in [-0.2, -0.15) is 0 Å². The van der Waals surface area contributed by atoms with Gasteiger partial charge < -0.3 is 14.4 Å². The van der Waals surface area contributed by atoms with Gasteiger partial charge in [0.2, 0.25) is 0 Å². The summed E-state index contributed by atoms with van der Waals surface area (Å²) in [5, 5.41) is 0. The minimum Gasteiger partial charge on any atom is -0.465 e. The van der Waals surface area contributed by atoms with E-state index in [1.165, 1.54) is 26.0 Å². The summed E-state index contributed by atoms with van der Waals surface area (Å²) >= 11 is 0. The fourth-order valence-electron chi connectivity index (χ4n) is 3.95. The van der Waals surface area contributed by atoms with Crippen LogP contribution in [0.3, 0.4) is 0 Å². The zero-order chi connectivity index (χ0) is 18.6. The van der Waals surface area contributed by atoms with Crippen molar-refractivity contribution < 1.29 is 22.7 Å². The summed E-state index contributed by atoms with van der Waals surface area (Å²) in [6, 6.07) is 4.75. The molecule has 26 heavy (non-hydrogen) atoms. The Morgan fingerprint density at radius 1 is 1.15 bits per heavy atom. The first-order chi connectivity index (χ1) is 12.3. The minimum atomic E-state index is -3.53. The van der Waals surface area contributed by atoms with E-state index in [0.717, 1.165) is 25.9 Å². The van der Waals surface area contributed by atoms with Crippen LogP contribution in [0.5, 0.6) is 0 Å². The van der Waals surface area contributed by atoms with Crippen LogP contribution in [-0.4, -0.2) is 52.5 Å². The van der Waals surface area contributed by atoms with Crippen LogP contribution in [0.25, 0.3) is 0 Å².